The molecule has 5 nitrogen and oxygen atoms in total. The highest BCUT2D eigenvalue weighted by molar-refractivity contribution is 14.0. The molecule has 0 unspecified atom stereocenters. The van der Waals surface area contributed by atoms with Crippen LogP contribution in [0, 0.1) is 0 Å². The van der Waals surface area contributed by atoms with Crippen LogP contribution in [0.1, 0.15) is 21.5 Å². The average molecular weight is 545 g/mol. The number of hydrogen-bond acceptors (Lipinski definition) is 2. The van der Waals surface area contributed by atoms with Gasteiger partial charge in [-0.2, -0.15) is 0 Å². The summed E-state index contributed by atoms with van der Waals surface area (Å²) in [4.78, 5) is 18.2. The summed E-state index contributed by atoms with van der Waals surface area (Å²) in [5.74, 6) is 0.770. The van der Waals surface area contributed by atoms with Gasteiger partial charge in [0.1, 0.15) is 0 Å². The molecule has 1 amide bonds. The van der Waals surface area contributed by atoms with E-state index in [4.69, 9.17) is 0 Å². The van der Waals surface area contributed by atoms with Crippen molar-refractivity contribution in [1.29, 1.82) is 0 Å². The molecule has 146 valence electrons. The second kappa shape index (κ2) is 12.0. The molecule has 0 aromatic heterocycles. The van der Waals surface area contributed by atoms with Gasteiger partial charge < -0.3 is 15.5 Å². The molecule has 0 saturated heterocycles. The molecule has 2 aromatic carbocycles. The minimum atomic E-state index is -0.0659. The van der Waals surface area contributed by atoms with Gasteiger partial charge in [0.25, 0.3) is 5.91 Å². The van der Waals surface area contributed by atoms with E-state index in [9.17, 15) is 4.79 Å². The zero-order valence-electron chi connectivity index (χ0n) is 15.8. The lowest BCUT2D eigenvalue weighted by Crippen LogP contribution is -2.39. The predicted molar refractivity (Wildman–Crippen MR) is 126 cm³/mol. The summed E-state index contributed by atoms with van der Waals surface area (Å²) >= 11 is 3.58. The quantitative estimate of drug-likeness (QED) is 0.331. The Bertz CT molecular complexity index is 782. The lowest BCUT2D eigenvalue weighted by molar-refractivity contribution is 0.0963. The van der Waals surface area contributed by atoms with Crippen molar-refractivity contribution in [2.45, 2.75) is 13.0 Å². The summed E-state index contributed by atoms with van der Waals surface area (Å²) in [6.07, 6.45) is 0.812. The summed E-state index contributed by atoms with van der Waals surface area (Å²) in [5.41, 5.74) is 3.00. The molecule has 0 heterocycles. The van der Waals surface area contributed by atoms with E-state index in [2.05, 4.69) is 42.5 Å². The van der Waals surface area contributed by atoms with Crippen molar-refractivity contribution in [3.05, 3.63) is 69.7 Å². The van der Waals surface area contributed by atoms with Crippen molar-refractivity contribution >= 4 is 51.8 Å². The monoisotopic (exact) mass is 544 g/mol. The number of benzene rings is 2. The Morgan fingerprint density at radius 1 is 1.19 bits per heavy atom. The van der Waals surface area contributed by atoms with Gasteiger partial charge in [-0.1, -0.05) is 46.3 Å². The van der Waals surface area contributed by atoms with Crippen LogP contribution >= 0.6 is 39.9 Å². The van der Waals surface area contributed by atoms with Crippen molar-refractivity contribution in [1.82, 2.24) is 15.5 Å². The van der Waals surface area contributed by atoms with Gasteiger partial charge in [-0.25, -0.2) is 0 Å². The first-order chi connectivity index (χ1) is 12.5. The highest BCUT2D eigenvalue weighted by atomic mass is 127. The number of carbonyl (C=O) groups is 1. The lowest BCUT2D eigenvalue weighted by Gasteiger charge is -2.22. The van der Waals surface area contributed by atoms with Crippen molar-refractivity contribution in [2.75, 3.05) is 27.7 Å². The van der Waals surface area contributed by atoms with Gasteiger partial charge in [-0.05, 0) is 35.7 Å². The third-order valence-corrected chi connectivity index (χ3v) is 4.83. The Morgan fingerprint density at radius 2 is 1.93 bits per heavy atom. The van der Waals surface area contributed by atoms with Crippen LogP contribution in [0.4, 0.5) is 0 Å². The third-order valence-electron chi connectivity index (χ3n) is 4.05. The van der Waals surface area contributed by atoms with Gasteiger partial charge in [0.05, 0.1) is 0 Å². The topological polar surface area (TPSA) is 56.7 Å². The van der Waals surface area contributed by atoms with Crippen LogP contribution in [0.25, 0.3) is 0 Å². The fraction of sp³-hybridized carbons (Fsp3) is 0.300. The fourth-order valence-electron chi connectivity index (χ4n) is 2.67. The number of guanidine groups is 1. The number of carbonyl (C=O) groups excluding carboxylic acids is 1. The van der Waals surface area contributed by atoms with E-state index in [1.807, 2.05) is 49.5 Å². The maximum atomic E-state index is 11.7. The molecule has 0 radical (unpaired) electrons. The maximum absolute atomic E-state index is 11.7. The normalized spacial score (nSPS) is 10.7. The molecule has 7 heteroatoms. The van der Waals surface area contributed by atoms with Crippen molar-refractivity contribution in [3.63, 3.8) is 0 Å². The van der Waals surface area contributed by atoms with Gasteiger partial charge in [-0.3, -0.25) is 9.79 Å². The number of aliphatic imine (C=N–C) groups is 1. The maximum Gasteiger partial charge on any atom is 0.251 e. The molecule has 0 spiro atoms. The van der Waals surface area contributed by atoms with Crippen LogP contribution in [-0.2, 0) is 13.0 Å². The fourth-order valence-corrected chi connectivity index (χ4v) is 3.08. The van der Waals surface area contributed by atoms with Gasteiger partial charge >= 0.3 is 0 Å². The number of nitrogens with one attached hydrogen (secondary N) is 2. The number of hydrogen-bond donors (Lipinski definition) is 2. The lowest BCUT2D eigenvalue weighted by atomic mass is 10.1. The first kappa shape index (κ1) is 23.4. The highest BCUT2D eigenvalue weighted by Gasteiger charge is 2.09. The number of amides is 1. The molecule has 2 aromatic rings. The van der Waals surface area contributed by atoms with Crippen LogP contribution in [0.5, 0.6) is 0 Å². The molecule has 0 fully saturated rings. The SMILES string of the molecule is CN=C(NCCc1cccc(C(=O)NC)c1)N(C)Cc1ccccc1Br.I. The van der Waals surface area contributed by atoms with Crippen molar-refractivity contribution in [3.8, 4) is 0 Å². The minimum Gasteiger partial charge on any atom is -0.356 e. The Hall–Kier alpha value is -1.61. The summed E-state index contributed by atoms with van der Waals surface area (Å²) in [5, 5.41) is 6.03. The standard InChI is InChI=1S/C20H25BrN4O.HI/c1-22-19(26)16-9-6-7-15(13-16)11-12-24-20(23-2)25(3)14-17-8-4-5-10-18(17)21;/h4-10,13H,11-12,14H2,1-3H3,(H,22,26)(H,23,24);1H. The zero-order valence-corrected chi connectivity index (χ0v) is 19.7. The second-order valence-electron chi connectivity index (χ2n) is 5.95. The second-order valence-corrected chi connectivity index (χ2v) is 6.81. The molecule has 0 aliphatic rings. The van der Waals surface area contributed by atoms with Gasteiger partial charge in [-0.15, -0.1) is 24.0 Å². The van der Waals surface area contributed by atoms with E-state index in [0.29, 0.717) is 5.56 Å². The molecular formula is C20H26BrIN4O. The van der Waals surface area contributed by atoms with E-state index < -0.39 is 0 Å². The highest BCUT2D eigenvalue weighted by Crippen LogP contribution is 2.17. The first-order valence-electron chi connectivity index (χ1n) is 8.51. The molecule has 0 aliphatic carbocycles. The summed E-state index contributed by atoms with van der Waals surface area (Å²) in [6.45, 7) is 1.50. The van der Waals surface area contributed by atoms with E-state index >= 15 is 0 Å². The van der Waals surface area contributed by atoms with Gasteiger partial charge in [0, 0.05) is 44.3 Å². The molecule has 0 aliphatic heterocycles. The van der Waals surface area contributed by atoms with Crippen LogP contribution in [0.3, 0.4) is 0 Å². The Morgan fingerprint density at radius 3 is 2.59 bits per heavy atom. The first-order valence-corrected chi connectivity index (χ1v) is 9.30. The van der Waals surface area contributed by atoms with Crippen LogP contribution < -0.4 is 10.6 Å². The van der Waals surface area contributed by atoms with Crippen molar-refractivity contribution in [2.24, 2.45) is 4.99 Å². The van der Waals surface area contributed by atoms with Crippen LogP contribution in [0.15, 0.2) is 58.0 Å². The van der Waals surface area contributed by atoms with Gasteiger partial charge in [0.15, 0.2) is 5.96 Å². The Balaban J connectivity index is 0.00000364. The number of rotatable bonds is 6. The molecule has 27 heavy (non-hydrogen) atoms. The van der Waals surface area contributed by atoms with Gasteiger partial charge in [0.2, 0.25) is 0 Å². The van der Waals surface area contributed by atoms with Crippen LogP contribution in [-0.4, -0.2) is 44.5 Å². The average Bonchev–Trinajstić information content (AvgIpc) is 2.66. The van der Waals surface area contributed by atoms with Crippen LogP contribution in [0.2, 0.25) is 0 Å². The summed E-state index contributed by atoms with van der Waals surface area (Å²) in [7, 11) is 5.44. The zero-order chi connectivity index (χ0) is 18.9. The largest absolute Gasteiger partial charge is 0.356 e. The summed E-state index contributed by atoms with van der Waals surface area (Å²) in [6, 6.07) is 15.9. The van der Waals surface area contributed by atoms with Crippen molar-refractivity contribution < 1.29 is 4.79 Å². The molecule has 0 saturated carbocycles. The summed E-state index contributed by atoms with van der Waals surface area (Å²) < 4.78 is 1.09. The molecular weight excluding hydrogens is 519 g/mol. The van der Waals surface area contributed by atoms with E-state index in [0.717, 1.165) is 35.5 Å². The van der Waals surface area contributed by atoms with E-state index in [-0.39, 0.29) is 29.9 Å². The Kier molecular flexibility index (Phi) is 10.4. The molecule has 0 atom stereocenters. The predicted octanol–water partition coefficient (Wildman–Crippen LogP) is 3.68. The van der Waals surface area contributed by atoms with E-state index in [1.54, 1.807) is 14.1 Å². The molecule has 2 N–H and O–H groups in total. The Labute approximate surface area is 186 Å². The number of nitrogens with zero attached hydrogens (tertiary/aromatic N) is 2. The smallest absolute Gasteiger partial charge is 0.251 e. The third kappa shape index (κ3) is 7.14. The minimum absolute atomic E-state index is 0. The molecule has 2 rings (SSSR count). The number of halogens is 2. The molecule has 0 bridgehead atoms. The van der Waals surface area contributed by atoms with E-state index in [1.165, 1.54) is 5.56 Å².